The molecular formula is C61H108NO7P. The van der Waals surface area contributed by atoms with E-state index >= 15 is 0 Å². The lowest BCUT2D eigenvalue weighted by Crippen LogP contribution is -2.28. The number of carbonyl (C=O) groups excluding carboxylic acids is 1. The highest BCUT2D eigenvalue weighted by Gasteiger charge is 2.25. The zero-order valence-corrected chi connectivity index (χ0v) is 46.1. The van der Waals surface area contributed by atoms with Gasteiger partial charge in [-0.1, -0.05) is 246 Å². The highest BCUT2D eigenvalue weighted by atomic mass is 31.2. The summed E-state index contributed by atoms with van der Waals surface area (Å²) in [6.07, 6.45) is 77.4. The van der Waals surface area contributed by atoms with Crippen molar-refractivity contribution >= 4 is 13.8 Å². The molecule has 0 aromatic heterocycles. The molecule has 0 radical (unpaired) electrons. The van der Waals surface area contributed by atoms with Crippen molar-refractivity contribution in [3.8, 4) is 0 Å². The second kappa shape index (κ2) is 57.3. The van der Waals surface area contributed by atoms with E-state index in [0.29, 0.717) is 13.0 Å². The summed E-state index contributed by atoms with van der Waals surface area (Å²) in [6, 6.07) is 0. The van der Waals surface area contributed by atoms with Gasteiger partial charge >= 0.3 is 13.8 Å². The van der Waals surface area contributed by atoms with Gasteiger partial charge in [0.25, 0.3) is 0 Å². The molecule has 404 valence electrons. The molecule has 0 fully saturated rings. The standard InChI is InChI=1S/C61H108NO7P/c1-3-5-7-9-11-13-15-17-19-21-23-25-27-29-31-33-35-37-39-41-43-45-47-49-51-53-56-66-58-60(59-68-70(64,65)67-57-55-62)69-61(63)54-52-50-48-46-44-42-40-38-36-34-32-30-28-26-24-22-20-18-16-14-12-10-8-6-4-2/h5-8,11-14,17-20,23-26,60H,3-4,9-10,15-16,21-22,27-59,62H2,1-2H3,(H,64,65)/b7-5-,8-6-,13-11-,14-12-,19-17-,20-18-,25-23-,26-24-. The smallest absolute Gasteiger partial charge is 0.457 e. The Kier molecular flexibility index (Phi) is 55.2. The minimum atomic E-state index is -4.29. The van der Waals surface area contributed by atoms with Gasteiger partial charge in [0.2, 0.25) is 0 Å². The summed E-state index contributed by atoms with van der Waals surface area (Å²) >= 11 is 0. The Morgan fingerprint density at radius 1 is 0.429 bits per heavy atom. The van der Waals surface area contributed by atoms with Crippen LogP contribution in [0.3, 0.4) is 0 Å². The van der Waals surface area contributed by atoms with Crippen molar-refractivity contribution in [2.45, 2.75) is 251 Å². The van der Waals surface area contributed by atoms with E-state index in [4.69, 9.17) is 24.3 Å². The summed E-state index contributed by atoms with van der Waals surface area (Å²) in [5, 5.41) is 0. The Bertz CT molecular complexity index is 1400. The molecule has 0 rings (SSSR count). The molecule has 2 atom stereocenters. The number of phosphoric ester groups is 1. The van der Waals surface area contributed by atoms with E-state index in [1.165, 1.54) is 141 Å². The lowest BCUT2D eigenvalue weighted by atomic mass is 10.0. The van der Waals surface area contributed by atoms with Crippen molar-refractivity contribution in [2.24, 2.45) is 5.73 Å². The maximum absolute atomic E-state index is 12.7. The van der Waals surface area contributed by atoms with Gasteiger partial charge in [-0.3, -0.25) is 13.8 Å². The van der Waals surface area contributed by atoms with Crippen LogP contribution in [0, 0.1) is 0 Å². The Morgan fingerprint density at radius 3 is 1.13 bits per heavy atom. The highest BCUT2D eigenvalue weighted by molar-refractivity contribution is 7.47. The molecule has 0 aliphatic rings. The molecule has 0 aliphatic carbocycles. The number of hydrogen-bond donors (Lipinski definition) is 2. The van der Waals surface area contributed by atoms with Crippen LogP contribution >= 0.6 is 7.82 Å². The molecule has 0 aromatic rings. The second-order valence-electron chi connectivity index (χ2n) is 18.7. The lowest BCUT2D eigenvalue weighted by Gasteiger charge is -2.20. The number of allylic oxidation sites excluding steroid dienone is 16. The Balaban J connectivity index is 3.90. The molecule has 8 nitrogen and oxygen atoms in total. The third kappa shape index (κ3) is 56.3. The van der Waals surface area contributed by atoms with Crippen LogP contribution in [0.2, 0.25) is 0 Å². The first kappa shape index (κ1) is 67.4. The second-order valence-corrected chi connectivity index (χ2v) is 20.2. The summed E-state index contributed by atoms with van der Waals surface area (Å²) in [5.41, 5.74) is 5.40. The molecule has 0 heterocycles. The number of ether oxygens (including phenoxy) is 2. The minimum Gasteiger partial charge on any atom is -0.457 e. The summed E-state index contributed by atoms with van der Waals surface area (Å²) in [7, 11) is -4.29. The monoisotopic (exact) mass is 998 g/mol. The topological polar surface area (TPSA) is 117 Å². The Hall–Kier alpha value is -2.58. The first-order chi connectivity index (χ1) is 34.4. The van der Waals surface area contributed by atoms with Crippen molar-refractivity contribution in [3.63, 3.8) is 0 Å². The summed E-state index contributed by atoms with van der Waals surface area (Å²) < 4.78 is 33.7. The zero-order chi connectivity index (χ0) is 50.8. The van der Waals surface area contributed by atoms with Crippen molar-refractivity contribution in [1.29, 1.82) is 0 Å². The minimum absolute atomic E-state index is 0.0963. The number of hydrogen-bond acceptors (Lipinski definition) is 7. The largest absolute Gasteiger partial charge is 0.472 e. The van der Waals surface area contributed by atoms with Gasteiger partial charge in [0.1, 0.15) is 6.10 Å². The molecule has 0 aliphatic heterocycles. The molecule has 2 unspecified atom stereocenters. The molecule has 70 heavy (non-hydrogen) atoms. The van der Waals surface area contributed by atoms with Gasteiger partial charge in [0.05, 0.1) is 19.8 Å². The van der Waals surface area contributed by atoms with Gasteiger partial charge in [0.15, 0.2) is 0 Å². The zero-order valence-electron chi connectivity index (χ0n) is 45.2. The number of carbonyl (C=O) groups is 1. The van der Waals surface area contributed by atoms with Crippen molar-refractivity contribution in [1.82, 2.24) is 0 Å². The van der Waals surface area contributed by atoms with Gasteiger partial charge in [0, 0.05) is 19.6 Å². The van der Waals surface area contributed by atoms with E-state index in [9.17, 15) is 14.3 Å². The summed E-state index contributed by atoms with van der Waals surface area (Å²) in [6.45, 7) is 4.71. The van der Waals surface area contributed by atoms with E-state index in [-0.39, 0.29) is 32.3 Å². The average molecular weight is 999 g/mol. The SMILES string of the molecule is CC/C=C\C/C=C\C/C=C\C/C=C\CCCCCCCCCCCCCCCOCC(COP(=O)(O)OCCN)OC(=O)CCCCCCCCCCCCCC/C=C\C/C=C\C/C=C\C/C=C\CC. The Labute approximate surface area is 431 Å². The molecule has 0 aromatic carbocycles. The van der Waals surface area contributed by atoms with Crippen molar-refractivity contribution < 1.29 is 32.8 Å². The molecule has 0 amide bonds. The number of rotatable bonds is 54. The van der Waals surface area contributed by atoms with Crippen LogP contribution < -0.4 is 5.73 Å². The fourth-order valence-corrected chi connectivity index (χ4v) is 8.63. The number of phosphoric acid groups is 1. The van der Waals surface area contributed by atoms with E-state index in [0.717, 1.165) is 83.5 Å². The predicted octanol–water partition coefficient (Wildman–Crippen LogP) is 18.5. The number of esters is 1. The number of nitrogens with two attached hydrogens (primary N) is 1. The van der Waals surface area contributed by atoms with Crippen LogP contribution in [0.15, 0.2) is 97.2 Å². The predicted molar refractivity (Wildman–Crippen MR) is 302 cm³/mol. The normalized spacial score (nSPS) is 13.9. The third-order valence-corrected chi connectivity index (χ3v) is 13.0. The molecule has 3 N–H and O–H groups in total. The van der Waals surface area contributed by atoms with Gasteiger partial charge in [-0.05, 0) is 89.9 Å². The van der Waals surface area contributed by atoms with Gasteiger partial charge in [-0.2, -0.15) is 0 Å². The quantitative estimate of drug-likeness (QED) is 0.0268. The fourth-order valence-electron chi connectivity index (χ4n) is 7.86. The summed E-state index contributed by atoms with van der Waals surface area (Å²) in [4.78, 5) is 22.7. The van der Waals surface area contributed by atoms with E-state index in [1.54, 1.807) is 0 Å². The van der Waals surface area contributed by atoms with Crippen molar-refractivity contribution in [2.75, 3.05) is 33.0 Å². The Morgan fingerprint density at radius 2 is 0.757 bits per heavy atom. The molecule has 0 saturated carbocycles. The lowest BCUT2D eigenvalue weighted by molar-refractivity contribution is -0.154. The third-order valence-electron chi connectivity index (χ3n) is 12.0. The van der Waals surface area contributed by atoms with Crippen LogP contribution in [0.5, 0.6) is 0 Å². The van der Waals surface area contributed by atoms with Gasteiger partial charge in [-0.25, -0.2) is 4.57 Å². The van der Waals surface area contributed by atoms with Gasteiger partial charge in [-0.15, -0.1) is 0 Å². The summed E-state index contributed by atoms with van der Waals surface area (Å²) in [5.74, 6) is -0.334. The van der Waals surface area contributed by atoms with Gasteiger partial charge < -0.3 is 20.1 Å². The average Bonchev–Trinajstić information content (AvgIpc) is 3.35. The van der Waals surface area contributed by atoms with Crippen LogP contribution in [0.1, 0.15) is 245 Å². The van der Waals surface area contributed by atoms with Crippen LogP contribution in [0.4, 0.5) is 0 Å². The molecule has 0 saturated heterocycles. The molecular weight excluding hydrogens is 890 g/mol. The van der Waals surface area contributed by atoms with Crippen LogP contribution in [-0.4, -0.2) is 49.9 Å². The highest BCUT2D eigenvalue weighted by Crippen LogP contribution is 2.43. The van der Waals surface area contributed by atoms with Crippen molar-refractivity contribution in [3.05, 3.63) is 97.2 Å². The van der Waals surface area contributed by atoms with E-state index in [1.807, 2.05) is 0 Å². The fraction of sp³-hybridized carbons (Fsp3) is 0.721. The van der Waals surface area contributed by atoms with E-state index in [2.05, 4.69) is 111 Å². The molecule has 0 bridgehead atoms. The molecule has 9 heteroatoms. The van der Waals surface area contributed by atoms with E-state index < -0.39 is 13.9 Å². The maximum atomic E-state index is 12.7. The van der Waals surface area contributed by atoms with Crippen LogP contribution in [0.25, 0.3) is 0 Å². The maximum Gasteiger partial charge on any atom is 0.472 e. The number of unbranched alkanes of at least 4 members (excludes halogenated alkanes) is 25. The first-order valence-corrected chi connectivity index (χ1v) is 30.2. The first-order valence-electron chi connectivity index (χ1n) is 28.7. The van der Waals surface area contributed by atoms with Crippen LogP contribution in [-0.2, 0) is 27.9 Å². The molecule has 0 spiro atoms.